The number of nitrogens with one attached hydrogen (secondary N) is 1. The van der Waals surface area contributed by atoms with Crippen molar-refractivity contribution in [1.82, 2.24) is 10.2 Å². The van der Waals surface area contributed by atoms with Crippen LogP contribution < -0.4 is 5.32 Å². The lowest BCUT2D eigenvalue weighted by Crippen LogP contribution is -2.54. The van der Waals surface area contributed by atoms with Crippen LogP contribution in [0.3, 0.4) is 0 Å². The molecular weight excluding hydrogens is 278 g/mol. The summed E-state index contributed by atoms with van der Waals surface area (Å²) in [6, 6.07) is 9.20. The van der Waals surface area contributed by atoms with Crippen LogP contribution in [0.2, 0.25) is 0 Å². The normalized spacial score (nSPS) is 22.7. The number of rotatable bonds is 3. The first-order valence-electron chi connectivity index (χ1n) is 7.67. The fraction of sp³-hybridized carbons (Fsp3) is 0.529. The molecule has 0 bridgehead atoms. The number of hydrogen-bond acceptors (Lipinski definition) is 3. The molecule has 118 valence electrons. The van der Waals surface area contributed by atoms with Gasteiger partial charge in [0.1, 0.15) is 0 Å². The van der Waals surface area contributed by atoms with Gasteiger partial charge in [0, 0.05) is 6.54 Å². The number of morpholine rings is 1. The molecule has 1 aromatic rings. The highest BCUT2D eigenvalue weighted by atomic mass is 16.5. The van der Waals surface area contributed by atoms with E-state index in [9.17, 15) is 4.79 Å². The zero-order valence-electron chi connectivity index (χ0n) is 13.4. The molecule has 0 radical (unpaired) electrons. The first kappa shape index (κ1) is 16.3. The first-order valence-corrected chi connectivity index (χ1v) is 7.67. The van der Waals surface area contributed by atoms with Gasteiger partial charge in [-0.3, -0.25) is 0 Å². The predicted octanol–water partition coefficient (Wildman–Crippen LogP) is 2.83. The molecular formula is C17H23N3O2. The standard InChI is InChI=1S/C17H23N3O2/c1-4-17(3)12-20(9-10-22-17)16(21)19-13(2)15-7-5-14(11-18)6-8-15/h5-8,13H,4,9-10,12H2,1-3H3,(H,19,21). The maximum Gasteiger partial charge on any atom is 0.318 e. The van der Waals surface area contributed by atoms with Crippen LogP contribution in [0.1, 0.15) is 44.4 Å². The topological polar surface area (TPSA) is 65.4 Å². The molecule has 5 heteroatoms. The molecule has 1 aliphatic heterocycles. The molecule has 0 aromatic heterocycles. The smallest absolute Gasteiger partial charge is 0.318 e. The van der Waals surface area contributed by atoms with E-state index >= 15 is 0 Å². The molecule has 1 N–H and O–H groups in total. The summed E-state index contributed by atoms with van der Waals surface area (Å²) in [5.41, 5.74) is 1.35. The number of carbonyl (C=O) groups is 1. The van der Waals surface area contributed by atoms with Crippen LogP contribution in [0.4, 0.5) is 4.79 Å². The third-order valence-corrected chi connectivity index (χ3v) is 4.25. The van der Waals surface area contributed by atoms with Crippen LogP contribution in [0.15, 0.2) is 24.3 Å². The fourth-order valence-electron chi connectivity index (χ4n) is 2.52. The Morgan fingerprint density at radius 3 is 2.77 bits per heavy atom. The van der Waals surface area contributed by atoms with Gasteiger partial charge < -0.3 is 15.0 Å². The van der Waals surface area contributed by atoms with E-state index in [4.69, 9.17) is 10.00 Å². The van der Waals surface area contributed by atoms with Crippen LogP contribution in [0.5, 0.6) is 0 Å². The highest BCUT2D eigenvalue weighted by Gasteiger charge is 2.32. The number of urea groups is 1. The van der Waals surface area contributed by atoms with Gasteiger partial charge >= 0.3 is 6.03 Å². The number of carbonyl (C=O) groups excluding carboxylic acids is 1. The Hall–Kier alpha value is -2.06. The van der Waals surface area contributed by atoms with E-state index in [2.05, 4.69) is 18.3 Å². The third kappa shape index (κ3) is 3.77. The lowest BCUT2D eigenvalue weighted by atomic mass is 10.0. The van der Waals surface area contributed by atoms with E-state index in [-0.39, 0.29) is 17.7 Å². The van der Waals surface area contributed by atoms with Gasteiger partial charge in [-0.2, -0.15) is 5.26 Å². The van der Waals surface area contributed by atoms with Gasteiger partial charge in [-0.1, -0.05) is 19.1 Å². The summed E-state index contributed by atoms with van der Waals surface area (Å²) in [6.45, 7) is 7.84. The van der Waals surface area contributed by atoms with E-state index < -0.39 is 0 Å². The summed E-state index contributed by atoms with van der Waals surface area (Å²) in [5.74, 6) is 0. The Bertz CT molecular complexity index is 564. The summed E-state index contributed by atoms with van der Waals surface area (Å²) in [5, 5.41) is 11.8. The number of amides is 2. The Morgan fingerprint density at radius 1 is 1.50 bits per heavy atom. The van der Waals surface area contributed by atoms with Crippen molar-refractivity contribution >= 4 is 6.03 Å². The molecule has 0 saturated carbocycles. The Balaban J connectivity index is 1.97. The second-order valence-electron chi connectivity index (χ2n) is 5.98. The molecule has 1 aromatic carbocycles. The quantitative estimate of drug-likeness (QED) is 0.933. The molecule has 2 atom stereocenters. The van der Waals surface area contributed by atoms with Gasteiger partial charge in [-0.15, -0.1) is 0 Å². The molecule has 2 unspecified atom stereocenters. The maximum atomic E-state index is 12.4. The van der Waals surface area contributed by atoms with Crippen molar-refractivity contribution < 1.29 is 9.53 Å². The minimum absolute atomic E-state index is 0.0696. The molecule has 0 aliphatic carbocycles. The SMILES string of the molecule is CCC1(C)CN(C(=O)NC(C)c2ccc(C#N)cc2)CCO1. The van der Waals surface area contributed by atoms with Crippen molar-refractivity contribution in [3.63, 3.8) is 0 Å². The van der Waals surface area contributed by atoms with Gasteiger partial charge in [-0.25, -0.2) is 4.79 Å². The minimum Gasteiger partial charge on any atom is -0.372 e. The minimum atomic E-state index is -0.257. The molecule has 1 heterocycles. The van der Waals surface area contributed by atoms with Gasteiger partial charge in [0.2, 0.25) is 0 Å². The van der Waals surface area contributed by atoms with E-state index in [1.807, 2.05) is 30.9 Å². The van der Waals surface area contributed by atoms with Crippen LogP contribution in [-0.2, 0) is 4.74 Å². The number of nitriles is 1. The van der Waals surface area contributed by atoms with Crippen LogP contribution in [0, 0.1) is 11.3 Å². The monoisotopic (exact) mass is 301 g/mol. The molecule has 22 heavy (non-hydrogen) atoms. The Morgan fingerprint density at radius 2 is 2.18 bits per heavy atom. The number of benzene rings is 1. The lowest BCUT2D eigenvalue weighted by molar-refractivity contribution is -0.0874. The van der Waals surface area contributed by atoms with Gasteiger partial charge in [-0.05, 0) is 38.0 Å². The van der Waals surface area contributed by atoms with Crippen molar-refractivity contribution in [2.24, 2.45) is 0 Å². The van der Waals surface area contributed by atoms with Crippen LogP contribution >= 0.6 is 0 Å². The Labute approximate surface area is 131 Å². The van der Waals surface area contributed by atoms with Gasteiger partial charge in [0.25, 0.3) is 0 Å². The maximum absolute atomic E-state index is 12.4. The van der Waals surface area contributed by atoms with Crippen molar-refractivity contribution in [2.45, 2.75) is 38.8 Å². The lowest BCUT2D eigenvalue weighted by Gasteiger charge is -2.40. The van der Waals surface area contributed by atoms with Gasteiger partial charge in [0.15, 0.2) is 0 Å². The van der Waals surface area contributed by atoms with E-state index in [1.54, 1.807) is 12.1 Å². The molecule has 0 spiro atoms. The highest BCUT2D eigenvalue weighted by Crippen LogP contribution is 2.21. The summed E-state index contributed by atoms with van der Waals surface area (Å²) < 4.78 is 5.76. The van der Waals surface area contributed by atoms with E-state index in [0.717, 1.165) is 12.0 Å². The molecule has 1 fully saturated rings. The Kier molecular flexibility index (Phi) is 5.04. The zero-order chi connectivity index (χ0) is 16.2. The summed E-state index contributed by atoms with van der Waals surface area (Å²) in [7, 11) is 0. The van der Waals surface area contributed by atoms with Crippen molar-refractivity contribution in [3.05, 3.63) is 35.4 Å². The largest absolute Gasteiger partial charge is 0.372 e. The third-order valence-electron chi connectivity index (χ3n) is 4.25. The average molecular weight is 301 g/mol. The molecule has 2 amide bonds. The number of hydrogen-bond donors (Lipinski definition) is 1. The number of ether oxygens (including phenoxy) is 1. The second kappa shape index (κ2) is 6.80. The van der Waals surface area contributed by atoms with Crippen LogP contribution in [-0.4, -0.2) is 36.2 Å². The molecule has 2 rings (SSSR count). The first-order chi connectivity index (χ1) is 10.5. The van der Waals surface area contributed by atoms with Crippen molar-refractivity contribution in [3.8, 4) is 6.07 Å². The van der Waals surface area contributed by atoms with E-state index in [1.165, 1.54) is 0 Å². The van der Waals surface area contributed by atoms with Crippen LogP contribution in [0.25, 0.3) is 0 Å². The number of nitrogens with zero attached hydrogens (tertiary/aromatic N) is 2. The second-order valence-corrected chi connectivity index (χ2v) is 5.98. The molecule has 1 saturated heterocycles. The fourth-order valence-corrected chi connectivity index (χ4v) is 2.52. The average Bonchev–Trinajstić information content (AvgIpc) is 2.55. The highest BCUT2D eigenvalue weighted by molar-refractivity contribution is 5.75. The summed E-state index contributed by atoms with van der Waals surface area (Å²) in [6.07, 6.45) is 0.877. The zero-order valence-corrected chi connectivity index (χ0v) is 13.4. The van der Waals surface area contributed by atoms with Crippen molar-refractivity contribution in [1.29, 1.82) is 5.26 Å². The molecule has 5 nitrogen and oxygen atoms in total. The molecule has 1 aliphatic rings. The van der Waals surface area contributed by atoms with Crippen molar-refractivity contribution in [2.75, 3.05) is 19.7 Å². The summed E-state index contributed by atoms with van der Waals surface area (Å²) in [4.78, 5) is 14.2. The summed E-state index contributed by atoms with van der Waals surface area (Å²) >= 11 is 0. The van der Waals surface area contributed by atoms with Gasteiger partial charge in [0.05, 0.1) is 36.4 Å². The van der Waals surface area contributed by atoms with E-state index in [0.29, 0.717) is 25.3 Å². The predicted molar refractivity (Wildman–Crippen MR) is 84.3 cm³/mol.